The van der Waals surface area contributed by atoms with Gasteiger partial charge in [0.15, 0.2) is 0 Å². The lowest BCUT2D eigenvalue weighted by atomic mass is 9.84. The summed E-state index contributed by atoms with van der Waals surface area (Å²) >= 11 is 0. The van der Waals surface area contributed by atoms with Crippen LogP contribution in [0.1, 0.15) is 58.3 Å². The van der Waals surface area contributed by atoms with Gasteiger partial charge in [0, 0.05) is 18.0 Å². The van der Waals surface area contributed by atoms with Gasteiger partial charge in [0.05, 0.1) is 12.3 Å². The summed E-state index contributed by atoms with van der Waals surface area (Å²) in [5, 5.41) is 6.61. The SMILES string of the molecule is CC(C)NC(=O)[C@@H]1CCC[C@@H](N[C@@H](C)c2ccco2)C1. The summed E-state index contributed by atoms with van der Waals surface area (Å²) < 4.78 is 5.42. The molecule has 0 radical (unpaired) electrons. The minimum Gasteiger partial charge on any atom is -0.468 e. The van der Waals surface area contributed by atoms with Crippen molar-refractivity contribution in [2.24, 2.45) is 5.92 Å². The van der Waals surface area contributed by atoms with Gasteiger partial charge in [0.1, 0.15) is 5.76 Å². The quantitative estimate of drug-likeness (QED) is 0.870. The molecule has 0 bridgehead atoms. The maximum Gasteiger partial charge on any atom is 0.223 e. The molecule has 0 saturated heterocycles. The zero-order valence-electron chi connectivity index (χ0n) is 12.7. The van der Waals surface area contributed by atoms with E-state index in [4.69, 9.17) is 4.42 Å². The fraction of sp³-hybridized carbons (Fsp3) is 0.688. The van der Waals surface area contributed by atoms with E-state index in [0.29, 0.717) is 6.04 Å². The van der Waals surface area contributed by atoms with Crippen molar-refractivity contribution in [2.75, 3.05) is 0 Å². The Kier molecular flexibility index (Phi) is 5.24. The lowest BCUT2D eigenvalue weighted by molar-refractivity contribution is -0.126. The second kappa shape index (κ2) is 6.93. The van der Waals surface area contributed by atoms with Gasteiger partial charge >= 0.3 is 0 Å². The number of rotatable bonds is 5. The molecule has 4 heteroatoms. The third kappa shape index (κ3) is 4.10. The van der Waals surface area contributed by atoms with Gasteiger partial charge in [-0.1, -0.05) is 6.42 Å². The van der Waals surface area contributed by atoms with E-state index in [2.05, 4.69) is 17.6 Å². The maximum atomic E-state index is 12.1. The van der Waals surface area contributed by atoms with Crippen molar-refractivity contribution in [3.63, 3.8) is 0 Å². The van der Waals surface area contributed by atoms with E-state index < -0.39 is 0 Å². The van der Waals surface area contributed by atoms with Crippen molar-refractivity contribution in [2.45, 2.75) is 64.6 Å². The fourth-order valence-corrected chi connectivity index (χ4v) is 2.96. The molecule has 1 fully saturated rings. The van der Waals surface area contributed by atoms with E-state index in [-0.39, 0.29) is 23.9 Å². The smallest absolute Gasteiger partial charge is 0.223 e. The molecular formula is C16H26N2O2. The van der Waals surface area contributed by atoms with E-state index in [1.165, 1.54) is 0 Å². The molecule has 1 aliphatic carbocycles. The Hall–Kier alpha value is -1.29. The lowest BCUT2D eigenvalue weighted by Gasteiger charge is -2.31. The van der Waals surface area contributed by atoms with Crippen LogP contribution in [-0.2, 0) is 4.79 Å². The van der Waals surface area contributed by atoms with Crippen molar-refractivity contribution in [1.29, 1.82) is 0 Å². The number of amides is 1. The topological polar surface area (TPSA) is 54.3 Å². The summed E-state index contributed by atoms with van der Waals surface area (Å²) in [5.41, 5.74) is 0. The zero-order chi connectivity index (χ0) is 14.5. The monoisotopic (exact) mass is 278 g/mol. The Balaban J connectivity index is 1.85. The molecule has 0 spiro atoms. The molecule has 1 saturated carbocycles. The summed E-state index contributed by atoms with van der Waals surface area (Å²) in [6.45, 7) is 6.13. The molecule has 0 aliphatic heterocycles. The van der Waals surface area contributed by atoms with Crippen molar-refractivity contribution >= 4 is 5.91 Å². The van der Waals surface area contributed by atoms with Crippen LogP contribution in [0.15, 0.2) is 22.8 Å². The molecule has 0 unspecified atom stereocenters. The summed E-state index contributed by atoms with van der Waals surface area (Å²) in [5.74, 6) is 1.31. The Labute approximate surface area is 121 Å². The van der Waals surface area contributed by atoms with E-state index in [1.54, 1.807) is 6.26 Å². The van der Waals surface area contributed by atoms with Crippen LogP contribution < -0.4 is 10.6 Å². The first-order valence-electron chi connectivity index (χ1n) is 7.66. The van der Waals surface area contributed by atoms with Crippen LogP contribution >= 0.6 is 0 Å². The summed E-state index contributed by atoms with van der Waals surface area (Å²) in [4.78, 5) is 12.1. The predicted molar refractivity (Wildman–Crippen MR) is 79.3 cm³/mol. The molecule has 2 rings (SSSR count). The number of furan rings is 1. The molecule has 4 nitrogen and oxygen atoms in total. The molecule has 1 aromatic rings. The second-order valence-corrected chi connectivity index (χ2v) is 6.13. The molecule has 1 amide bonds. The van der Waals surface area contributed by atoms with Gasteiger partial charge in [0.2, 0.25) is 5.91 Å². The lowest BCUT2D eigenvalue weighted by Crippen LogP contribution is -2.42. The molecule has 2 N–H and O–H groups in total. The summed E-state index contributed by atoms with van der Waals surface area (Å²) in [6.07, 6.45) is 5.87. The average molecular weight is 278 g/mol. The highest BCUT2D eigenvalue weighted by molar-refractivity contribution is 5.79. The highest BCUT2D eigenvalue weighted by Crippen LogP contribution is 2.26. The van der Waals surface area contributed by atoms with E-state index in [1.807, 2.05) is 26.0 Å². The number of hydrogen-bond acceptors (Lipinski definition) is 3. The minimum atomic E-state index is 0.146. The number of nitrogens with one attached hydrogen (secondary N) is 2. The molecule has 3 atom stereocenters. The van der Waals surface area contributed by atoms with Gasteiger partial charge in [-0.3, -0.25) is 4.79 Å². The number of hydrogen-bond donors (Lipinski definition) is 2. The van der Waals surface area contributed by atoms with Crippen molar-refractivity contribution in [3.05, 3.63) is 24.2 Å². The van der Waals surface area contributed by atoms with Gasteiger partial charge in [-0.15, -0.1) is 0 Å². The minimum absolute atomic E-state index is 0.146. The van der Waals surface area contributed by atoms with Crippen LogP contribution in [0.25, 0.3) is 0 Å². The van der Waals surface area contributed by atoms with Crippen LogP contribution in [-0.4, -0.2) is 18.0 Å². The highest BCUT2D eigenvalue weighted by Gasteiger charge is 2.28. The van der Waals surface area contributed by atoms with Gasteiger partial charge < -0.3 is 15.1 Å². The van der Waals surface area contributed by atoms with E-state index in [0.717, 1.165) is 31.4 Å². The second-order valence-electron chi connectivity index (χ2n) is 6.13. The third-order valence-electron chi connectivity index (χ3n) is 3.93. The molecule has 1 heterocycles. The predicted octanol–water partition coefficient (Wildman–Crippen LogP) is 3.01. The molecule has 1 aromatic heterocycles. The van der Waals surface area contributed by atoms with Crippen molar-refractivity contribution in [3.8, 4) is 0 Å². The van der Waals surface area contributed by atoms with Gasteiger partial charge in [0.25, 0.3) is 0 Å². The summed E-state index contributed by atoms with van der Waals surface area (Å²) in [6, 6.07) is 4.71. The standard InChI is InChI=1S/C16H26N2O2/c1-11(2)17-16(19)13-6-4-7-14(10-13)18-12(3)15-8-5-9-20-15/h5,8-9,11-14,18H,4,6-7,10H2,1-3H3,(H,17,19)/t12-,13+,14+/m0/s1. The van der Waals surface area contributed by atoms with Crippen LogP contribution in [0.3, 0.4) is 0 Å². The van der Waals surface area contributed by atoms with Crippen LogP contribution in [0.4, 0.5) is 0 Å². The van der Waals surface area contributed by atoms with E-state index in [9.17, 15) is 4.79 Å². The molecular weight excluding hydrogens is 252 g/mol. The zero-order valence-corrected chi connectivity index (χ0v) is 12.7. The Bertz CT molecular complexity index is 414. The Morgan fingerprint density at radius 2 is 2.15 bits per heavy atom. The maximum absolute atomic E-state index is 12.1. The number of carbonyl (C=O) groups excluding carboxylic acids is 1. The van der Waals surface area contributed by atoms with Crippen molar-refractivity contribution in [1.82, 2.24) is 10.6 Å². The average Bonchev–Trinajstić information content (AvgIpc) is 2.92. The Morgan fingerprint density at radius 3 is 2.80 bits per heavy atom. The van der Waals surface area contributed by atoms with Crippen LogP contribution in [0, 0.1) is 5.92 Å². The molecule has 1 aliphatic rings. The van der Waals surface area contributed by atoms with E-state index >= 15 is 0 Å². The first kappa shape index (κ1) is 15.1. The van der Waals surface area contributed by atoms with Gasteiger partial charge in [-0.2, -0.15) is 0 Å². The largest absolute Gasteiger partial charge is 0.468 e. The highest BCUT2D eigenvalue weighted by atomic mass is 16.3. The molecule has 112 valence electrons. The normalized spacial score (nSPS) is 24.6. The molecule has 20 heavy (non-hydrogen) atoms. The molecule has 0 aromatic carbocycles. The van der Waals surface area contributed by atoms with Gasteiger partial charge in [-0.05, 0) is 52.2 Å². The first-order valence-corrected chi connectivity index (χ1v) is 7.66. The van der Waals surface area contributed by atoms with Gasteiger partial charge in [-0.25, -0.2) is 0 Å². The van der Waals surface area contributed by atoms with Crippen molar-refractivity contribution < 1.29 is 9.21 Å². The third-order valence-corrected chi connectivity index (χ3v) is 3.93. The Morgan fingerprint density at radius 1 is 1.35 bits per heavy atom. The van der Waals surface area contributed by atoms with Crippen LogP contribution in [0.2, 0.25) is 0 Å². The first-order chi connectivity index (χ1) is 9.56. The van der Waals surface area contributed by atoms with Crippen LogP contribution in [0.5, 0.6) is 0 Å². The fourth-order valence-electron chi connectivity index (χ4n) is 2.96. The number of carbonyl (C=O) groups is 1. The summed E-state index contributed by atoms with van der Waals surface area (Å²) in [7, 11) is 0.